The third-order valence-corrected chi connectivity index (χ3v) is 2.08. The molecule has 0 unspecified atom stereocenters. The van der Waals surface area contributed by atoms with Crippen LogP contribution in [0.25, 0.3) is 11.3 Å². The number of nitrogens with zero attached hydrogens (tertiary/aromatic N) is 1. The third kappa shape index (κ3) is 1.67. The summed E-state index contributed by atoms with van der Waals surface area (Å²) in [6.45, 7) is 0. The minimum absolute atomic E-state index is 0.310. The predicted molar refractivity (Wildman–Crippen MR) is 57.0 cm³/mol. The lowest BCUT2D eigenvalue weighted by atomic mass is 10.1. The molecule has 0 aliphatic heterocycles. The molecule has 1 amide bonds. The summed E-state index contributed by atoms with van der Waals surface area (Å²) in [5, 5.41) is 0. The van der Waals surface area contributed by atoms with Gasteiger partial charge >= 0.3 is 0 Å². The van der Waals surface area contributed by atoms with E-state index in [1.54, 1.807) is 24.4 Å². The number of carbonyl (C=O) groups excluding carboxylic acids is 1. The maximum Gasteiger partial charge on any atom is 0.249 e. The lowest BCUT2D eigenvalue weighted by Gasteiger charge is -2.02. The van der Waals surface area contributed by atoms with Crippen molar-refractivity contribution in [3.05, 3.63) is 36.0 Å². The van der Waals surface area contributed by atoms with Gasteiger partial charge in [0.05, 0.1) is 11.9 Å². The number of benzene rings is 1. The van der Waals surface area contributed by atoms with E-state index in [0.717, 1.165) is 0 Å². The highest BCUT2D eigenvalue weighted by molar-refractivity contribution is 5.99. The number of nitrogens with two attached hydrogens (primary N) is 2. The van der Waals surface area contributed by atoms with Crippen molar-refractivity contribution in [3.8, 4) is 11.3 Å². The van der Waals surface area contributed by atoms with Crippen molar-refractivity contribution in [2.75, 3.05) is 5.73 Å². The number of primary amides is 1. The Labute approximate surface area is 86.1 Å². The van der Waals surface area contributed by atoms with Crippen molar-refractivity contribution in [2.45, 2.75) is 0 Å². The fourth-order valence-corrected chi connectivity index (χ4v) is 1.41. The molecule has 0 aliphatic rings. The number of carbonyl (C=O) groups is 1. The zero-order chi connectivity index (χ0) is 10.8. The van der Waals surface area contributed by atoms with Gasteiger partial charge in [0.2, 0.25) is 5.91 Å². The van der Waals surface area contributed by atoms with Crippen molar-refractivity contribution < 1.29 is 4.79 Å². The molecule has 5 N–H and O–H groups in total. The van der Waals surface area contributed by atoms with E-state index >= 15 is 0 Å². The van der Waals surface area contributed by atoms with Crippen LogP contribution in [0.15, 0.2) is 30.5 Å². The summed E-state index contributed by atoms with van der Waals surface area (Å²) in [5.41, 5.74) is 12.5. The molecule has 0 aliphatic carbocycles. The van der Waals surface area contributed by atoms with E-state index in [-0.39, 0.29) is 0 Å². The summed E-state index contributed by atoms with van der Waals surface area (Å²) in [6.07, 6.45) is 1.57. The first kappa shape index (κ1) is 9.26. The molecule has 0 fully saturated rings. The molecule has 0 bridgehead atoms. The van der Waals surface area contributed by atoms with Crippen molar-refractivity contribution in [1.82, 2.24) is 9.97 Å². The van der Waals surface area contributed by atoms with Gasteiger partial charge in [-0.15, -0.1) is 0 Å². The number of hydrogen-bond donors (Lipinski definition) is 3. The quantitative estimate of drug-likeness (QED) is 0.670. The van der Waals surface area contributed by atoms with Crippen molar-refractivity contribution in [3.63, 3.8) is 0 Å². The molecule has 0 spiro atoms. The van der Waals surface area contributed by atoms with Crippen LogP contribution in [-0.2, 0) is 0 Å². The zero-order valence-electron chi connectivity index (χ0n) is 7.90. The van der Waals surface area contributed by atoms with E-state index in [0.29, 0.717) is 22.8 Å². The largest absolute Gasteiger partial charge is 0.369 e. The normalized spacial score (nSPS) is 10.1. The molecule has 1 aromatic carbocycles. The van der Waals surface area contributed by atoms with E-state index < -0.39 is 5.91 Å². The molecule has 1 heterocycles. The highest BCUT2D eigenvalue weighted by atomic mass is 16.1. The SMILES string of the molecule is NC(=O)c1ccccc1-c1cnc(N)[nH]1. The lowest BCUT2D eigenvalue weighted by Crippen LogP contribution is -2.12. The second-order valence-electron chi connectivity index (χ2n) is 3.09. The molecule has 0 atom stereocenters. The average molecular weight is 202 g/mol. The monoisotopic (exact) mass is 202 g/mol. The first-order valence-electron chi connectivity index (χ1n) is 4.38. The lowest BCUT2D eigenvalue weighted by molar-refractivity contribution is 0.100. The Kier molecular flexibility index (Phi) is 2.13. The first-order valence-corrected chi connectivity index (χ1v) is 4.38. The summed E-state index contributed by atoms with van der Waals surface area (Å²) in [5.74, 6) is -0.164. The maximum atomic E-state index is 11.2. The summed E-state index contributed by atoms with van der Waals surface area (Å²) >= 11 is 0. The van der Waals surface area contributed by atoms with Crippen LogP contribution in [0.2, 0.25) is 0 Å². The van der Waals surface area contributed by atoms with Crippen LogP contribution in [0.1, 0.15) is 10.4 Å². The Morgan fingerprint density at radius 1 is 1.33 bits per heavy atom. The van der Waals surface area contributed by atoms with Gasteiger partial charge in [0.15, 0.2) is 5.95 Å². The Morgan fingerprint density at radius 3 is 2.67 bits per heavy atom. The number of amides is 1. The molecule has 2 aromatic rings. The second-order valence-corrected chi connectivity index (χ2v) is 3.09. The third-order valence-electron chi connectivity index (χ3n) is 2.08. The van der Waals surface area contributed by atoms with Crippen molar-refractivity contribution >= 4 is 11.9 Å². The maximum absolute atomic E-state index is 11.2. The molecule has 76 valence electrons. The fraction of sp³-hybridized carbons (Fsp3) is 0. The molecular weight excluding hydrogens is 192 g/mol. The number of nitrogen functional groups attached to an aromatic ring is 1. The van der Waals surface area contributed by atoms with E-state index in [1.165, 1.54) is 0 Å². The smallest absolute Gasteiger partial charge is 0.249 e. The van der Waals surface area contributed by atoms with Gasteiger partial charge in [-0.2, -0.15) is 0 Å². The Hall–Kier alpha value is -2.30. The standard InChI is InChI=1S/C10H10N4O/c11-9(15)7-4-2-1-3-6(7)8-5-13-10(12)14-8/h1-5H,(H2,11,15)(H3,12,13,14). The molecule has 0 saturated heterocycles. The summed E-state index contributed by atoms with van der Waals surface area (Å²) in [6, 6.07) is 7.02. The minimum atomic E-state index is -0.473. The van der Waals surface area contributed by atoms with Crippen LogP contribution in [0.3, 0.4) is 0 Å². The Bertz CT molecular complexity index is 504. The van der Waals surface area contributed by atoms with Gasteiger partial charge in [-0.3, -0.25) is 4.79 Å². The van der Waals surface area contributed by atoms with Crippen molar-refractivity contribution in [1.29, 1.82) is 0 Å². The number of nitrogens with one attached hydrogen (secondary N) is 1. The number of H-pyrrole nitrogens is 1. The molecule has 1 aromatic heterocycles. The molecule has 2 rings (SSSR count). The minimum Gasteiger partial charge on any atom is -0.369 e. The van der Waals surface area contributed by atoms with Gasteiger partial charge < -0.3 is 16.5 Å². The zero-order valence-corrected chi connectivity index (χ0v) is 7.90. The van der Waals surface area contributed by atoms with Gasteiger partial charge in [0.1, 0.15) is 0 Å². The summed E-state index contributed by atoms with van der Waals surface area (Å²) in [7, 11) is 0. The number of rotatable bonds is 2. The molecule has 15 heavy (non-hydrogen) atoms. The van der Waals surface area contributed by atoms with E-state index in [9.17, 15) is 4.79 Å². The van der Waals surface area contributed by atoms with Crippen LogP contribution in [0, 0.1) is 0 Å². The molecule has 5 heteroatoms. The van der Waals surface area contributed by atoms with E-state index in [2.05, 4.69) is 9.97 Å². The van der Waals surface area contributed by atoms with E-state index in [4.69, 9.17) is 11.5 Å². The Morgan fingerprint density at radius 2 is 2.07 bits per heavy atom. The first-order chi connectivity index (χ1) is 7.18. The topological polar surface area (TPSA) is 97.8 Å². The highest BCUT2D eigenvalue weighted by Gasteiger charge is 2.10. The van der Waals surface area contributed by atoms with Crippen LogP contribution in [0.4, 0.5) is 5.95 Å². The summed E-state index contributed by atoms with van der Waals surface area (Å²) in [4.78, 5) is 17.9. The number of imidazole rings is 1. The van der Waals surface area contributed by atoms with Crippen LogP contribution in [0.5, 0.6) is 0 Å². The van der Waals surface area contributed by atoms with Gasteiger partial charge in [0.25, 0.3) is 0 Å². The van der Waals surface area contributed by atoms with Crippen LogP contribution < -0.4 is 11.5 Å². The fourth-order valence-electron chi connectivity index (χ4n) is 1.41. The predicted octanol–water partition coefficient (Wildman–Crippen LogP) is 0.758. The van der Waals surface area contributed by atoms with Gasteiger partial charge in [-0.25, -0.2) is 4.98 Å². The van der Waals surface area contributed by atoms with Crippen LogP contribution in [-0.4, -0.2) is 15.9 Å². The number of hydrogen-bond acceptors (Lipinski definition) is 3. The van der Waals surface area contributed by atoms with Crippen LogP contribution >= 0.6 is 0 Å². The average Bonchev–Trinajstić information content (AvgIpc) is 2.65. The molecule has 0 radical (unpaired) electrons. The molecule has 5 nitrogen and oxygen atoms in total. The number of aromatic nitrogens is 2. The molecule has 0 saturated carbocycles. The molecular formula is C10H10N4O. The van der Waals surface area contributed by atoms with Gasteiger partial charge in [-0.1, -0.05) is 18.2 Å². The second kappa shape index (κ2) is 3.45. The number of anilines is 1. The number of aromatic amines is 1. The van der Waals surface area contributed by atoms with E-state index in [1.807, 2.05) is 6.07 Å². The van der Waals surface area contributed by atoms with Crippen molar-refractivity contribution in [2.24, 2.45) is 5.73 Å². The van der Waals surface area contributed by atoms with Gasteiger partial charge in [-0.05, 0) is 6.07 Å². The Balaban J connectivity index is 2.57. The highest BCUT2D eigenvalue weighted by Crippen LogP contribution is 2.21. The summed E-state index contributed by atoms with van der Waals surface area (Å²) < 4.78 is 0. The van der Waals surface area contributed by atoms with Gasteiger partial charge in [0, 0.05) is 11.1 Å².